The van der Waals surface area contributed by atoms with Gasteiger partial charge in [-0.2, -0.15) is 0 Å². The molecule has 2 rings (SSSR count). The largest absolute Gasteiger partial charge is 0.478 e. The number of ether oxygens (including phenoxy) is 2. The molecule has 0 aliphatic carbocycles. The number of thiophene rings is 1. The van der Waals surface area contributed by atoms with Gasteiger partial charge in [0.1, 0.15) is 10.6 Å². The summed E-state index contributed by atoms with van der Waals surface area (Å²) in [4.78, 5) is 40.6. The first-order valence-corrected chi connectivity index (χ1v) is 9.72. The lowest BCUT2D eigenvalue weighted by molar-refractivity contribution is 0.0338. The third-order valence-electron chi connectivity index (χ3n) is 3.92. The second-order valence-electron chi connectivity index (χ2n) is 7.63. The van der Waals surface area contributed by atoms with E-state index >= 15 is 0 Å². The van der Waals surface area contributed by atoms with Gasteiger partial charge in [-0.15, -0.1) is 11.3 Å². The van der Waals surface area contributed by atoms with Gasteiger partial charge >= 0.3 is 12.1 Å². The van der Waals surface area contributed by atoms with Crippen LogP contribution in [0.15, 0.2) is 0 Å². The number of carbonyl (C=O) groups excluding carboxylic acids is 2. The van der Waals surface area contributed by atoms with E-state index in [1.54, 1.807) is 34.9 Å². The Morgan fingerprint density at radius 1 is 1.25 bits per heavy atom. The number of nitrogens with one attached hydrogen (secondary N) is 1. The lowest BCUT2D eigenvalue weighted by Gasteiger charge is -2.27. The predicted molar refractivity (Wildman–Crippen MR) is 105 cm³/mol. The van der Waals surface area contributed by atoms with Gasteiger partial charge in [-0.25, -0.2) is 9.59 Å². The molecule has 1 aromatic heterocycles. The van der Waals surface area contributed by atoms with E-state index in [4.69, 9.17) is 9.47 Å². The number of amides is 2. The fraction of sp³-hybridized carbons (Fsp3) is 0.611. The Bertz CT molecular complexity index is 747. The maximum absolute atomic E-state index is 12.7. The van der Waals surface area contributed by atoms with Crippen LogP contribution in [0.5, 0.6) is 0 Å². The third kappa shape index (κ3) is 5.66. The number of aromatic carboxylic acids is 1. The summed E-state index contributed by atoms with van der Waals surface area (Å²) in [5.41, 5.74) is -0.416. The topological polar surface area (TPSA) is 108 Å². The second kappa shape index (κ2) is 8.89. The number of carboxylic acids is 1. The van der Waals surface area contributed by atoms with Gasteiger partial charge < -0.3 is 19.5 Å². The molecule has 0 aromatic carbocycles. The zero-order chi connectivity index (χ0) is 21.1. The highest BCUT2D eigenvalue weighted by molar-refractivity contribution is 7.18. The maximum atomic E-state index is 12.7. The molecule has 156 valence electrons. The van der Waals surface area contributed by atoms with Crippen molar-refractivity contribution < 1.29 is 29.0 Å². The fourth-order valence-corrected chi connectivity index (χ4v) is 3.90. The van der Waals surface area contributed by atoms with E-state index in [1.165, 1.54) is 4.90 Å². The maximum Gasteiger partial charge on any atom is 0.412 e. The molecule has 1 aromatic rings. The summed E-state index contributed by atoms with van der Waals surface area (Å²) in [7, 11) is 3.20. The Labute approximate surface area is 168 Å². The van der Waals surface area contributed by atoms with Crippen LogP contribution in [-0.4, -0.2) is 78.9 Å². The zero-order valence-electron chi connectivity index (χ0n) is 16.8. The SMILES string of the molecule is CN(C)C(=O)c1sc(NC(=O)OC(C)(C)C)c(C(=O)O)c1CN1CCOCC1. The highest BCUT2D eigenvalue weighted by atomic mass is 32.1. The summed E-state index contributed by atoms with van der Waals surface area (Å²) in [6.07, 6.45) is -0.766. The molecule has 2 heterocycles. The van der Waals surface area contributed by atoms with Crippen LogP contribution in [0, 0.1) is 0 Å². The van der Waals surface area contributed by atoms with Crippen LogP contribution in [0.4, 0.5) is 9.80 Å². The summed E-state index contributed by atoms with van der Waals surface area (Å²) in [6.45, 7) is 7.79. The smallest absolute Gasteiger partial charge is 0.412 e. The van der Waals surface area contributed by atoms with Gasteiger partial charge in [0.25, 0.3) is 5.91 Å². The molecule has 10 heteroatoms. The highest BCUT2D eigenvalue weighted by Gasteiger charge is 2.31. The van der Waals surface area contributed by atoms with Crippen molar-refractivity contribution in [3.8, 4) is 0 Å². The molecule has 0 atom stereocenters. The summed E-state index contributed by atoms with van der Waals surface area (Å²) in [6, 6.07) is 0. The standard InChI is InChI=1S/C18H27N3O6S/c1-18(2,3)27-17(25)19-14-12(16(23)24)11(10-21-6-8-26-9-7-21)13(28-14)15(22)20(4)5/h6-10H2,1-5H3,(H,19,25)(H,23,24). The summed E-state index contributed by atoms with van der Waals surface area (Å²) in [5, 5.41) is 12.4. The van der Waals surface area contributed by atoms with Crippen LogP contribution in [0.3, 0.4) is 0 Å². The molecule has 2 amide bonds. The summed E-state index contributed by atoms with van der Waals surface area (Å²) < 4.78 is 10.6. The molecule has 1 aliphatic rings. The summed E-state index contributed by atoms with van der Waals surface area (Å²) >= 11 is 0.952. The van der Waals surface area contributed by atoms with Crippen molar-refractivity contribution in [1.29, 1.82) is 0 Å². The zero-order valence-corrected chi connectivity index (χ0v) is 17.6. The molecular weight excluding hydrogens is 386 g/mol. The monoisotopic (exact) mass is 413 g/mol. The molecule has 0 saturated carbocycles. The van der Waals surface area contributed by atoms with Crippen LogP contribution in [0.1, 0.15) is 46.4 Å². The number of carboxylic acid groups (broad SMARTS) is 1. The van der Waals surface area contributed by atoms with Gasteiger partial charge in [0.2, 0.25) is 0 Å². The Morgan fingerprint density at radius 3 is 2.36 bits per heavy atom. The van der Waals surface area contributed by atoms with Crippen molar-refractivity contribution in [2.45, 2.75) is 32.9 Å². The van der Waals surface area contributed by atoms with Crippen LogP contribution in [-0.2, 0) is 16.0 Å². The average molecular weight is 413 g/mol. The molecule has 28 heavy (non-hydrogen) atoms. The molecule has 0 spiro atoms. The first-order chi connectivity index (χ1) is 13.0. The molecule has 9 nitrogen and oxygen atoms in total. The third-order valence-corrected chi connectivity index (χ3v) is 5.06. The average Bonchev–Trinajstić information content (AvgIpc) is 2.91. The van der Waals surface area contributed by atoms with Gasteiger partial charge in [0.05, 0.1) is 23.7 Å². The Kier molecular flexibility index (Phi) is 7.02. The van der Waals surface area contributed by atoms with Crippen molar-refractivity contribution >= 4 is 34.3 Å². The minimum atomic E-state index is -1.21. The van der Waals surface area contributed by atoms with E-state index in [9.17, 15) is 19.5 Å². The number of nitrogens with zero attached hydrogens (tertiary/aromatic N) is 2. The Balaban J connectivity index is 2.43. The molecule has 2 N–H and O–H groups in total. The van der Waals surface area contributed by atoms with E-state index in [-0.39, 0.29) is 23.0 Å². The number of carbonyl (C=O) groups is 3. The van der Waals surface area contributed by atoms with Crippen molar-refractivity contribution in [3.05, 3.63) is 16.0 Å². The van der Waals surface area contributed by atoms with Gasteiger partial charge in [-0.3, -0.25) is 15.0 Å². The van der Waals surface area contributed by atoms with Crippen molar-refractivity contribution in [2.75, 3.05) is 45.7 Å². The van der Waals surface area contributed by atoms with Crippen LogP contribution >= 0.6 is 11.3 Å². The first-order valence-electron chi connectivity index (χ1n) is 8.90. The molecule has 1 fully saturated rings. The fourth-order valence-electron chi connectivity index (χ4n) is 2.69. The highest BCUT2D eigenvalue weighted by Crippen LogP contribution is 2.35. The molecular formula is C18H27N3O6S. The predicted octanol–water partition coefficient (Wildman–Crippen LogP) is 2.33. The molecule has 0 radical (unpaired) electrons. The van der Waals surface area contributed by atoms with Gasteiger partial charge in [0, 0.05) is 39.3 Å². The Hall–Kier alpha value is -2.17. The molecule has 0 unspecified atom stereocenters. The van der Waals surface area contributed by atoms with Gasteiger partial charge in [0.15, 0.2) is 0 Å². The molecule has 1 aliphatic heterocycles. The Morgan fingerprint density at radius 2 is 1.86 bits per heavy atom. The van der Waals surface area contributed by atoms with E-state index in [1.807, 2.05) is 4.90 Å². The number of morpholine rings is 1. The second-order valence-corrected chi connectivity index (χ2v) is 8.65. The molecule has 1 saturated heterocycles. The van der Waals surface area contributed by atoms with Crippen LogP contribution in [0.25, 0.3) is 0 Å². The minimum Gasteiger partial charge on any atom is -0.478 e. The minimum absolute atomic E-state index is 0.0763. The number of hydrogen-bond donors (Lipinski definition) is 2. The number of anilines is 1. The van der Waals surface area contributed by atoms with Crippen molar-refractivity contribution in [1.82, 2.24) is 9.80 Å². The normalized spacial score (nSPS) is 15.2. The quantitative estimate of drug-likeness (QED) is 0.762. The molecule has 0 bridgehead atoms. The first kappa shape index (κ1) is 22.1. The van der Waals surface area contributed by atoms with Crippen LogP contribution < -0.4 is 5.32 Å². The number of hydrogen-bond acceptors (Lipinski definition) is 7. The van der Waals surface area contributed by atoms with E-state index in [2.05, 4.69) is 5.32 Å². The van der Waals surface area contributed by atoms with Crippen molar-refractivity contribution in [2.24, 2.45) is 0 Å². The van der Waals surface area contributed by atoms with E-state index in [0.29, 0.717) is 36.7 Å². The lowest BCUT2D eigenvalue weighted by Crippen LogP contribution is -2.36. The van der Waals surface area contributed by atoms with Gasteiger partial charge in [-0.05, 0) is 20.8 Å². The number of rotatable bonds is 5. The lowest BCUT2D eigenvalue weighted by atomic mass is 10.1. The van der Waals surface area contributed by atoms with E-state index in [0.717, 1.165) is 11.3 Å². The van der Waals surface area contributed by atoms with E-state index < -0.39 is 17.7 Å². The van der Waals surface area contributed by atoms with Gasteiger partial charge in [-0.1, -0.05) is 0 Å². The summed E-state index contributed by atoms with van der Waals surface area (Å²) in [5.74, 6) is -1.52. The van der Waals surface area contributed by atoms with Crippen LogP contribution in [0.2, 0.25) is 0 Å². The van der Waals surface area contributed by atoms with Crippen molar-refractivity contribution in [3.63, 3.8) is 0 Å².